The number of hydrogen-bond donors (Lipinski definition) is 1. The van der Waals surface area contributed by atoms with Gasteiger partial charge in [0, 0.05) is 10.8 Å². The monoisotopic (exact) mass is 184 g/mol. The highest BCUT2D eigenvalue weighted by Crippen LogP contribution is 2.27. The molecule has 0 radical (unpaired) electrons. The van der Waals surface area contributed by atoms with Crippen molar-refractivity contribution in [2.75, 3.05) is 0 Å². The van der Waals surface area contributed by atoms with Crippen LogP contribution in [0.5, 0.6) is 0 Å². The molecule has 0 aliphatic carbocycles. The van der Waals surface area contributed by atoms with Crippen LogP contribution >= 0.6 is 11.3 Å². The van der Waals surface area contributed by atoms with Crippen molar-refractivity contribution in [3.63, 3.8) is 0 Å². The minimum absolute atomic E-state index is 0.141. The molecule has 0 aliphatic rings. The molecular formula is C9H12O2S. The first kappa shape index (κ1) is 9.26. The van der Waals surface area contributed by atoms with Crippen molar-refractivity contribution in [2.45, 2.75) is 26.2 Å². The van der Waals surface area contributed by atoms with Crippen LogP contribution in [0, 0.1) is 6.92 Å². The third kappa shape index (κ3) is 2.08. The summed E-state index contributed by atoms with van der Waals surface area (Å²) in [5.41, 5.74) is 1.20. The summed E-state index contributed by atoms with van der Waals surface area (Å²) in [7, 11) is 0. The topological polar surface area (TPSA) is 37.3 Å². The number of carbonyl (C=O) groups is 1. The smallest absolute Gasteiger partial charge is 0.303 e. The van der Waals surface area contributed by atoms with Crippen LogP contribution in [0.1, 0.15) is 29.7 Å². The zero-order chi connectivity index (χ0) is 9.14. The Hall–Kier alpha value is -0.830. The number of aryl methyl sites for hydroxylation is 1. The molecular weight excluding hydrogens is 172 g/mol. The first-order chi connectivity index (χ1) is 5.61. The molecule has 0 spiro atoms. The highest BCUT2D eigenvalue weighted by Gasteiger charge is 2.12. The van der Waals surface area contributed by atoms with E-state index in [0.717, 1.165) is 0 Å². The highest BCUT2D eigenvalue weighted by atomic mass is 32.1. The van der Waals surface area contributed by atoms with Gasteiger partial charge in [-0.05, 0) is 23.9 Å². The fraction of sp³-hybridized carbons (Fsp3) is 0.444. The standard InChI is InChI=1S/C9H12O2S/c1-6-3-4-12-9(6)7(2)5-8(10)11/h3-4,7H,5H2,1-2H3,(H,10,11). The summed E-state index contributed by atoms with van der Waals surface area (Å²) >= 11 is 1.64. The summed E-state index contributed by atoms with van der Waals surface area (Å²) in [6.07, 6.45) is 0.224. The summed E-state index contributed by atoms with van der Waals surface area (Å²) in [4.78, 5) is 11.6. The van der Waals surface area contributed by atoms with Crippen LogP contribution in [0.4, 0.5) is 0 Å². The summed E-state index contributed by atoms with van der Waals surface area (Å²) in [5, 5.41) is 10.6. The maximum Gasteiger partial charge on any atom is 0.303 e. The predicted octanol–water partition coefficient (Wildman–Crippen LogP) is 2.63. The number of hydrogen-bond acceptors (Lipinski definition) is 2. The molecule has 0 saturated heterocycles. The van der Waals surface area contributed by atoms with E-state index in [1.165, 1.54) is 10.4 Å². The van der Waals surface area contributed by atoms with E-state index in [-0.39, 0.29) is 12.3 Å². The van der Waals surface area contributed by atoms with Crippen molar-refractivity contribution in [3.05, 3.63) is 21.9 Å². The predicted molar refractivity (Wildman–Crippen MR) is 49.7 cm³/mol. The maximum absolute atomic E-state index is 10.4. The molecule has 0 aliphatic heterocycles. The van der Waals surface area contributed by atoms with Gasteiger partial charge in [-0.2, -0.15) is 0 Å². The molecule has 0 amide bonds. The zero-order valence-corrected chi connectivity index (χ0v) is 8.02. The van der Waals surface area contributed by atoms with E-state index in [0.29, 0.717) is 0 Å². The molecule has 0 fully saturated rings. The van der Waals surface area contributed by atoms with Crippen LogP contribution in [0.15, 0.2) is 11.4 Å². The van der Waals surface area contributed by atoms with Gasteiger partial charge in [-0.3, -0.25) is 4.79 Å². The largest absolute Gasteiger partial charge is 0.481 e. The lowest BCUT2D eigenvalue weighted by atomic mass is 10.0. The number of carboxylic acid groups (broad SMARTS) is 1. The van der Waals surface area contributed by atoms with Gasteiger partial charge in [0.15, 0.2) is 0 Å². The summed E-state index contributed by atoms with van der Waals surface area (Å²) in [6, 6.07) is 2.03. The van der Waals surface area contributed by atoms with Crippen molar-refractivity contribution in [1.29, 1.82) is 0 Å². The molecule has 1 rings (SSSR count). The number of thiophene rings is 1. The third-order valence-corrected chi connectivity index (χ3v) is 3.08. The van der Waals surface area contributed by atoms with Crippen LogP contribution < -0.4 is 0 Å². The molecule has 1 heterocycles. The van der Waals surface area contributed by atoms with E-state index in [9.17, 15) is 4.79 Å². The Bertz CT molecular complexity index is 278. The normalized spacial score (nSPS) is 12.8. The molecule has 1 aromatic heterocycles. The lowest BCUT2D eigenvalue weighted by molar-refractivity contribution is -0.137. The van der Waals surface area contributed by atoms with Gasteiger partial charge in [0.25, 0.3) is 0 Å². The fourth-order valence-electron chi connectivity index (χ4n) is 1.24. The first-order valence-electron chi connectivity index (χ1n) is 3.87. The molecule has 1 unspecified atom stereocenters. The van der Waals surface area contributed by atoms with Gasteiger partial charge < -0.3 is 5.11 Å². The van der Waals surface area contributed by atoms with Crippen molar-refractivity contribution in [2.24, 2.45) is 0 Å². The quantitative estimate of drug-likeness (QED) is 0.784. The van der Waals surface area contributed by atoms with Gasteiger partial charge in [0.05, 0.1) is 6.42 Å². The second-order valence-electron chi connectivity index (χ2n) is 2.97. The van der Waals surface area contributed by atoms with E-state index in [1.807, 2.05) is 25.3 Å². The Morgan fingerprint density at radius 1 is 1.75 bits per heavy atom. The van der Waals surface area contributed by atoms with Crippen LogP contribution in [0.3, 0.4) is 0 Å². The van der Waals surface area contributed by atoms with E-state index >= 15 is 0 Å². The number of aliphatic carboxylic acids is 1. The average molecular weight is 184 g/mol. The Morgan fingerprint density at radius 2 is 2.42 bits per heavy atom. The number of rotatable bonds is 3. The van der Waals surface area contributed by atoms with Crippen molar-refractivity contribution in [3.8, 4) is 0 Å². The van der Waals surface area contributed by atoms with Crippen LogP contribution in [0.2, 0.25) is 0 Å². The SMILES string of the molecule is Cc1ccsc1C(C)CC(=O)O. The van der Waals surface area contributed by atoms with E-state index in [4.69, 9.17) is 5.11 Å². The van der Waals surface area contributed by atoms with Gasteiger partial charge in [-0.25, -0.2) is 0 Å². The van der Waals surface area contributed by atoms with Crippen molar-refractivity contribution >= 4 is 17.3 Å². The minimum Gasteiger partial charge on any atom is -0.481 e. The van der Waals surface area contributed by atoms with E-state index in [2.05, 4.69) is 0 Å². The molecule has 1 N–H and O–H groups in total. The molecule has 66 valence electrons. The van der Waals surface area contributed by atoms with Crippen LogP contribution in [-0.2, 0) is 4.79 Å². The highest BCUT2D eigenvalue weighted by molar-refractivity contribution is 7.10. The van der Waals surface area contributed by atoms with Gasteiger partial charge in [0.1, 0.15) is 0 Å². The second kappa shape index (κ2) is 3.72. The second-order valence-corrected chi connectivity index (χ2v) is 3.91. The molecule has 0 saturated carbocycles. The molecule has 3 heteroatoms. The Morgan fingerprint density at radius 3 is 2.83 bits per heavy atom. The average Bonchev–Trinajstić information content (AvgIpc) is 2.33. The minimum atomic E-state index is -0.727. The molecule has 1 atom stereocenters. The molecule has 0 bridgehead atoms. The summed E-state index contributed by atoms with van der Waals surface area (Å²) in [6.45, 7) is 3.97. The molecule has 0 aromatic carbocycles. The zero-order valence-electron chi connectivity index (χ0n) is 7.20. The summed E-state index contributed by atoms with van der Waals surface area (Å²) < 4.78 is 0. The molecule has 2 nitrogen and oxygen atoms in total. The van der Waals surface area contributed by atoms with Gasteiger partial charge in [0.2, 0.25) is 0 Å². The van der Waals surface area contributed by atoms with Crippen LogP contribution in [-0.4, -0.2) is 11.1 Å². The molecule has 1 aromatic rings. The Kier molecular flexibility index (Phi) is 2.87. The van der Waals surface area contributed by atoms with E-state index in [1.54, 1.807) is 11.3 Å². The molecule has 12 heavy (non-hydrogen) atoms. The first-order valence-corrected chi connectivity index (χ1v) is 4.75. The van der Waals surface area contributed by atoms with Gasteiger partial charge >= 0.3 is 5.97 Å². The van der Waals surface area contributed by atoms with Crippen molar-refractivity contribution in [1.82, 2.24) is 0 Å². The van der Waals surface area contributed by atoms with Crippen LogP contribution in [0.25, 0.3) is 0 Å². The maximum atomic E-state index is 10.4. The lowest BCUT2D eigenvalue weighted by Crippen LogP contribution is -2.02. The van der Waals surface area contributed by atoms with Gasteiger partial charge in [-0.15, -0.1) is 11.3 Å². The lowest BCUT2D eigenvalue weighted by Gasteiger charge is -2.06. The summed E-state index contributed by atoms with van der Waals surface area (Å²) in [5.74, 6) is -0.585. The third-order valence-electron chi connectivity index (χ3n) is 1.83. The Balaban J connectivity index is 2.71. The fourth-order valence-corrected chi connectivity index (χ4v) is 2.23. The van der Waals surface area contributed by atoms with Crippen molar-refractivity contribution < 1.29 is 9.90 Å². The Labute approximate surface area is 75.9 Å². The van der Waals surface area contributed by atoms with Gasteiger partial charge in [-0.1, -0.05) is 6.92 Å². The van der Waals surface area contributed by atoms with E-state index < -0.39 is 5.97 Å². The number of carboxylic acids is 1.